The molecule has 2 heterocycles. The molecule has 1 saturated heterocycles. The van der Waals surface area contributed by atoms with Gasteiger partial charge in [-0.25, -0.2) is 9.78 Å². The fourth-order valence-corrected chi connectivity index (χ4v) is 2.61. The Labute approximate surface area is 135 Å². The Hall–Kier alpha value is -2.34. The molecule has 1 fully saturated rings. The number of piperazine rings is 1. The van der Waals surface area contributed by atoms with E-state index in [2.05, 4.69) is 9.88 Å². The molecule has 1 aliphatic rings. The summed E-state index contributed by atoms with van der Waals surface area (Å²) in [5, 5.41) is 0. The van der Waals surface area contributed by atoms with Crippen molar-refractivity contribution < 1.29 is 13.9 Å². The van der Waals surface area contributed by atoms with Crippen LogP contribution in [0.3, 0.4) is 0 Å². The lowest BCUT2D eigenvalue weighted by molar-refractivity contribution is 0.0756. The first-order valence-electron chi connectivity index (χ1n) is 7.90. The van der Waals surface area contributed by atoms with E-state index in [1.807, 2.05) is 37.3 Å². The molecular weight excluding hydrogens is 294 g/mol. The number of carbonyl (C=O) groups excluding carboxylic acids is 1. The van der Waals surface area contributed by atoms with Crippen LogP contribution >= 0.6 is 0 Å². The SMILES string of the molecule is CCOC(=O)N1CCN(Cc2ncc(-c3ccccc3)o2)CC1. The molecule has 1 aromatic heterocycles. The number of hydrogen-bond acceptors (Lipinski definition) is 5. The van der Waals surface area contributed by atoms with Crippen LogP contribution in [-0.2, 0) is 11.3 Å². The lowest BCUT2D eigenvalue weighted by Gasteiger charge is -2.33. The van der Waals surface area contributed by atoms with E-state index in [1.54, 1.807) is 11.1 Å². The summed E-state index contributed by atoms with van der Waals surface area (Å²) in [5.74, 6) is 1.49. The van der Waals surface area contributed by atoms with Crippen molar-refractivity contribution in [2.24, 2.45) is 0 Å². The molecule has 0 aliphatic carbocycles. The molecule has 0 spiro atoms. The topological polar surface area (TPSA) is 58.8 Å². The fraction of sp³-hybridized carbons (Fsp3) is 0.412. The smallest absolute Gasteiger partial charge is 0.409 e. The third-order valence-electron chi connectivity index (χ3n) is 3.87. The molecule has 0 radical (unpaired) electrons. The number of oxazole rings is 1. The van der Waals surface area contributed by atoms with E-state index >= 15 is 0 Å². The van der Waals surface area contributed by atoms with Crippen molar-refractivity contribution in [1.29, 1.82) is 0 Å². The van der Waals surface area contributed by atoms with Crippen LogP contribution in [0.4, 0.5) is 4.79 Å². The molecule has 6 heteroatoms. The molecular formula is C17H21N3O3. The van der Waals surface area contributed by atoms with Crippen molar-refractivity contribution in [1.82, 2.24) is 14.8 Å². The minimum Gasteiger partial charge on any atom is -0.450 e. The summed E-state index contributed by atoms with van der Waals surface area (Å²) in [6, 6.07) is 9.94. The lowest BCUT2D eigenvalue weighted by atomic mass is 10.2. The Morgan fingerprint density at radius 3 is 2.65 bits per heavy atom. The van der Waals surface area contributed by atoms with E-state index in [0.717, 1.165) is 24.4 Å². The number of amides is 1. The van der Waals surface area contributed by atoms with Crippen molar-refractivity contribution in [2.75, 3.05) is 32.8 Å². The molecule has 0 unspecified atom stereocenters. The van der Waals surface area contributed by atoms with Gasteiger partial charge in [0.2, 0.25) is 5.89 Å². The van der Waals surface area contributed by atoms with E-state index < -0.39 is 0 Å². The maximum Gasteiger partial charge on any atom is 0.409 e. The van der Waals surface area contributed by atoms with Gasteiger partial charge in [0.05, 0.1) is 19.3 Å². The third kappa shape index (κ3) is 3.90. The minimum absolute atomic E-state index is 0.227. The zero-order valence-electron chi connectivity index (χ0n) is 13.3. The molecule has 1 aromatic carbocycles. The molecule has 0 bridgehead atoms. The van der Waals surface area contributed by atoms with Crippen molar-refractivity contribution in [3.05, 3.63) is 42.4 Å². The lowest BCUT2D eigenvalue weighted by Crippen LogP contribution is -2.48. The average Bonchev–Trinajstić information content (AvgIpc) is 3.05. The molecule has 2 aromatic rings. The van der Waals surface area contributed by atoms with Gasteiger partial charge in [0.15, 0.2) is 5.76 Å². The molecule has 1 amide bonds. The number of carbonyl (C=O) groups is 1. The van der Waals surface area contributed by atoms with Crippen LogP contribution in [0, 0.1) is 0 Å². The van der Waals surface area contributed by atoms with Crippen molar-refractivity contribution in [2.45, 2.75) is 13.5 Å². The molecule has 6 nitrogen and oxygen atoms in total. The Bertz CT molecular complexity index is 634. The Kier molecular flexibility index (Phi) is 4.92. The van der Waals surface area contributed by atoms with Gasteiger partial charge in [-0.3, -0.25) is 4.90 Å². The van der Waals surface area contributed by atoms with E-state index in [4.69, 9.17) is 9.15 Å². The second kappa shape index (κ2) is 7.28. The van der Waals surface area contributed by atoms with Crippen LogP contribution < -0.4 is 0 Å². The van der Waals surface area contributed by atoms with Crippen molar-refractivity contribution in [3.8, 4) is 11.3 Å². The van der Waals surface area contributed by atoms with E-state index in [1.165, 1.54) is 0 Å². The van der Waals surface area contributed by atoms with Crippen LogP contribution in [0.2, 0.25) is 0 Å². The quantitative estimate of drug-likeness (QED) is 0.868. The first-order valence-corrected chi connectivity index (χ1v) is 7.90. The van der Waals surface area contributed by atoms with E-state index in [-0.39, 0.29) is 6.09 Å². The Morgan fingerprint density at radius 1 is 1.22 bits per heavy atom. The van der Waals surface area contributed by atoms with Crippen LogP contribution in [0.1, 0.15) is 12.8 Å². The Balaban J connectivity index is 1.53. The maximum absolute atomic E-state index is 11.7. The predicted octanol–water partition coefficient (Wildman–Crippen LogP) is 2.62. The molecule has 122 valence electrons. The highest BCUT2D eigenvalue weighted by atomic mass is 16.6. The van der Waals surface area contributed by atoms with Gasteiger partial charge in [-0.1, -0.05) is 30.3 Å². The number of ether oxygens (including phenoxy) is 1. The monoisotopic (exact) mass is 315 g/mol. The van der Waals surface area contributed by atoms with Gasteiger partial charge in [0.25, 0.3) is 0 Å². The molecule has 0 N–H and O–H groups in total. The summed E-state index contributed by atoms with van der Waals surface area (Å²) in [6.45, 7) is 5.82. The van der Waals surface area contributed by atoms with Gasteiger partial charge in [0, 0.05) is 31.7 Å². The first kappa shape index (κ1) is 15.6. The Morgan fingerprint density at radius 2 is 1.96 bits per heavy atom. The zero-order valence-corrected chi connectivity index (χ0v) is 13.3. The van der Waals surface area contributed by atoms with Crippen LogP contribution in [0.5, 0.6) is 0 Å². The van der Waals surface area contributed by atoms with Gasteiger partial charge in [-0.15, -0.1) is 0 Å². The number of nitrogens with zero attached hydrogens (tertiary/aromatic N) is 3. The number of benzene rings is 1. The maximum atomic E-state index is 11.7. The third-order valence-corrected chi connectivity index (χ3v) is 3.87. The van der Waals surface area contributed by atoms with Gasteiger partial charge in [-0.05, 0) is 6.92 Å². The predicted molar refractivity (Wildman–Crippen MR) is 85.8 cm³/mol. The highest BCUT2D eigenvalue weighted by Gasteiger charge is 2.22. The summed E-state index contributed by atoms with van der Waals surface area (Å²) in [7, 11) is 0. The van der Waals surface area contributed by atoms with Crippen molar-refractivity contribution >= 4 is 6.09 Å². The van der Waals surface area contributed by atoms with Gasteiger partial charge >= 0.3 is 6.09 Å². The summed E-state index contributed by atoms with van der Waals surface area (Å²) < 4.78 is 10.9. The van der Waals surface area contributed by atoms with Gasteiger partial charge < -0.3 is 14.1 Å². The molecule has 0 saturated carbocycles. The highest BCUT2D eigenvalue weighted by molar-refractivity contribution is 5.67. The van der Waals surface area contributed by atoms with E-state index in [0.29, 0.717) is 32.1 Å². The number of rotatable bonds is 4. The van der Waals surface area contributed by atoms with Crippen LogP contribution in [-0.4, -0.2) is 53.7 Å². The summed E-state index contributed by atoms with van der Waals surface area (Å²) in [6.07, 6.45) is 1.54. The van der Waals surface area contributed by atoms with Crippen LogP contribution in [0.25, 0.3) is 11.3 Å². The average molecular weight is 315 g/mol. The first-order chi connectivity index (χ1) is 11.3. The summed E-state index contributed by atoms with van der Waals surface area (Å²) in [4.78, 5) is 20.0. The minimum atomic E-state index is -0.227. The van der Waals surface area contributed by atoms with Gasteiger partial charge in [0.1, 0.15) is 0 Å². The second-order valence-electron chi connectivity index (χ2n) is 5.45. The highest BCUT2D eigenvalue weighted by Crippen LogP contribution is 2.20. The normalized spacial score (nSPS) is 15.6. The molecule has 1 aliphatic heterocycles. The van der Waals surface area contributed by atoms with Gasteiger partial charge in [-0.2, -0.15) is 0 Å². The molecule has 23 heavy (non-hydrogen) atoms. The number of aromatic nitrogens is 1. The molecule has 3 rings (SSSR count). The zero-order chi connectivity index (χ0) is 16.1. The summed E-state index contributed by atoms with van der Waals surface area (Å²) >= 11 is 0. The summed E-state index contributed by atoms with van der Waals surface area (Å²) in [5.41, 5.74) is 1.03. The fourth-order valence-electron chi connectivity index (χ4n) is 2.61. The number of hydrogen-bond donors (Lipinski definition) is 0. The van der Waals surface area contributed by atoms with E-state index in [9.17, 15) is 4.79 Å². The second-order valence-corrected chi connectivity index (χ2v) is 5.45. The molecule has 0 atom stereocenters. The standard InChI is InChI=1S/C17H21N3O3/c1-2-22-17(21)20-10-8-19(9-11-20)13-16-18-12-15(23-16)14-6-4-3-5-7-14/h3-7,12H,2,8-11,13H2,1H3. The van der Waals surface area contributed by atoms with Crippen molar-refractivity contribution in [3.63, 3.8) is 0 Å². The largest absolute Gasteiger partial charge is 0.450 e. The van der Waals surface area contributed by atoms with Crippen LogP contribution in [0.15, 0.2) is 40.9 Å².